The van der Waals surface area contributed by atoms with Crippen molar-refractivity contribution in [3.05, 3.63) is 87.7 Å². The van der Waals surface area contributed by atoms with Crippen LogP contribution in [0.2, 0.25) is 0 Å². The molecule has 0 spiro atoms. The van der Waals surface area contributed by atoms with E-state index in [4.69, 9.17) is 0 Å². The predicted octanol–water partition coefficient (Wildman–Crippen LogP) is 4.92. The maximum atomic E-state index is 13.0. The van der Waals surface area contributed by atoms with Gasteiger partial charge in [-0.1, -0.05) is 46.3 Å². The molecular formula is C23H19BrN4O2. The number of halogens is 1. The number of hydrogen-bond acceptors (Lipinski definition) is 4. The molecule has 3 aromatic rings. The van der Waals surface area contributed by atoms with Gasteiger partial charge in [-0.3, -0.25) is 9.59 Å². The normalized spacial score (nSPS) is 17.8. The second-order valence-electron chi connectivity index (χ2n) is 7.42. The van der Waals surface area contributed by atoms with Crippen LogP contribution in [0, 0.1) is 0 Å². The molecule has 1 atom stereocenters. The van der Waals surface area contributed by atoms with Gasteiger partial charge in [0.05, 0.1) is 6.20 Å². The third-order valence-corrected chi connectivity index (χ3v) is 6.03. The lowest BCUT2D eigenvalue weighted by Gasteiger charge is -2.33. The van der Waals surface area contributed by atoms with Crippen LogP contribution in [0.15, 0.2) is 76.5 Å². The fraction of sp³-hybridized carbons (Fsp3) is 0.174. The maximum Gasteiger partial charge on any atom is 0.261 e. The topological polar surface area (TPSA) is 76.0 Å². The number of nitrogens with one attached hydrogen (secondary N) is 2. The number of hydrogen-bond donors (Lipinski definition) is 2. The summed E-state index contributed by atoms with van der Waals surface area (Å²) < 4.78 is 2.72. The Balaban J connectivity index is 1.58. The van der Waals surface area contributed by atoms with Crippen LogP contribution in [0.1, 0.15) is 41.2 Å². The molecule has 150 valence electrons. The van der Waals surface area contributed by atoms with Crippen molar-refractivity contribution < 1.29 is 9.59 Å². The number of fused-ring (bicyclic) bond motifs is 1. The van der Waals surface area contributed by atoms with E-state index in [9.17, 15) is 9.59 Å². The Morgan fingerprint density at radius 1 is 1.10 bits per heavy atom. The van der Waals surface area contributed by atoms with Crippen molar-refractivity contribution in [1.82, 2.24) is 9.78 Å². The van der Waals surface area contributed by atoms with E-state index in [1.807, 2.05) is 54.6 Å². The first-order chi connectivity index (χ1) is 14.6. The Labute approximate surface area is 182 Å². The zero-order valence-electron chi connectivity index (χ0n) is 16.1. The highest BCUT2D eigenvalue weighted by atomic mass is 79.9. The summed E-state index contributed by atoms with van der Waals surface area (Å²) in [5.74, 6) is 0.508. The molecule has 1 aliphatic heterocycles. The van der Waals surface area contributed by atoms with Crippen LogP contribution >= 0.6 is 15.9 Å². The van der Waals surface area contributed by atoms with Crippen LogP contribution in [0.25, 0.3) is 0 Å². The molecule has 0 saturated carbocycles. The summed E-state index contributed by atoms with van der Waals surface area (Å²) >= 11 is 3.47. The first-order valence-corrected chi connectivity index (χ1v) is 10.6. The van der Waals surface area contributed by atoms with Crippen molar-refractivity contribution in [3.63, 3.8) is 0 Å². The number of anilines is 2. The Morgan fingerprint density at radius 2 is 1.87 bits per heavy atom. The molecule has 0 radical (unpaired) electrons. The van der Waals surface area contributed by atoms with Gasteiger partial charge in [-0.15, -0.1) is 0 Å². The number of nitrogens with zero attached hydrogens (tertiary/aromatic N) is 2. The number of aromatic nitrogens is 2. The molecule has 7 heteroatoms. The van der Waals surface area contributed by atoms with Gasteiger partial charge < -0.3 is 10.6 Å². The number of para-hydroxylation sites is 1. The van der Waals surface area contributed by atoms with Gasteiger partial charge in [-0.2, -0.15) is 5.10 Å². The molecule has 2 aliphatic rings. The van der Waals surface area contributed by atoms with E-state index in [0.717, 1.165) is 39.8 Å². The molecule has 1 aliphatic carbocycles. The number of carbonyl (C=O) groups is 2. The molecule has 1 aromatic heterocycles. The average molecular weight is 463 g/mol. The molecule has 5 rings (SSSR count). The van der Waals surface area contributed by atoms with Crippen molar-refractivity contribution in [2.24, 2.45) is 0 Å². The Hall–Kier alpha value is -3.19. The highest BCUT2D eigenvalue weighted by molar-refractivity contribution is 9.10. The first-order valence-electron chi connectivity index (χ1n) is 9.84. The third-order valence-electron chi connectivity index (χ3n) is 5.50. The zero-order valence-corrected chi connectivity index (χ0v) is 17.6. The van der Waals surface area contributed by atoms with E-state index in [0.29, 0.717) is 17.8 Å². The number of ketones is 1. The number of rotatable bonds is 3. The van der Waals surface area contributed by atoms with E-state index in [1.54, 1.807) is 10.9 Å². The molecule has 1 amide bonds. The Morgan fingerprint density at radius 3 is 2.63 bits per heavy atom. The molecule has 2 N–H and O–H groups in total. The number of Topliss-reactive ketones (excluding diaryl/α,β-unsaturated/α-hetero) is 1. The van der Waals surface area contributed by atoms with Crippen LogP contribution in [0.5, 0.6) is 0 Å². The van der Waals surface area contributed by atoms with Gasteiger partial charge >= 0.3 is 0 Å². The molecule has 6 nitrogen and oxygen atoms in total. The second kappa shape index (κ2) is 7.57. The summed E-state index contributed by atoms with van der Waals surface area (Å²) in [6.07, 6.45) is 3.68. The molecular weight excluding hydrogens is 444 g/mol. The van der Waals surface area contributed by atoms with Crippen LogP contribution < -0.4 is 10.6 Å². The van der Waals surface area contributed by atoms with Gasteiger partial charge in [-0.25, -0.2) is 4.68 Å². The molecule has 0 unspecified atom stereocenters. The van der Waals surface area contributed by atoms with Gasteiger partial charge in [0.25, 0.3) is 5.91 Å². The molecule has 2 heterocycles. The van der Waals surface area contributed by atoms with Crippen LogP contribution in [0.4, 0.5) is 11.5 Å². The minimum Gasteiger partial charge on any atom is -0.343 e. The zero-order chi connectivity index (χ0) is 20.7. The van der Waals surface area contributed by atoms with Crippen LogP contribution in [0.3, 0.4) is 0 Å². The van der Waals surface area contributed by atoms with Crippen LogP contribution in [-0.4, -0.2) is 21.5 Å². The summed E-state index contributed by atoms with van der Waals surface area (Å²) in [6, 6.07) is 16.9. The summed E-state index contributed by atoms with van der Waals surface area (Å²) in [5, 5.41) is 10.8. The minimum atomic E-state index is -0.351. The molecule has 0 fully saturated rings. The molecule has 0 bridgehead atoms. The molecule has 0 saturated heterocycles. The van der Waals surface area contributed by atoms with E-state index in [2.05, 4.69) is 31.7 Å². The Kier molecular flexibility index (Phi) is 4.75. The lowest BCUT2D eigenvalue weighted by atomic mass is 9.85. The quantitative estimate of drug-likeness (QED) is 0.578. The van der Waals surface area contributed by atoms with Crippen molar-refractivity contribution >= 4 is 39.1 Å². The van der Waals surface area contributed by atoms with E-state index in [-0.39, 0.29) is 17.7 Å². The third kappa shape index (κ3) is 3.25. The highest BCUT2D eigenvalue weighted by Crippen LogP contribution is 2.41. The predicted molar refractivity (Wildman–Crippen MR) is 118 cm³/mol. The number of amides is 1. The standard InChI is InChI=1S/C23H19BrN4O2/c24-15-11-9-14(10-12-15)21-20-18(7-4-8-19(20)29)27-22-17(13-25-28(21)22)23(30)26-16-5-2-1-3-6-16/h1-3,5-6,9-13,21,27H,4,7-8H2,(H,26,30)/t21-/m0/s1. The summed E-state index contributed by atoms with van der Waals surface area (Å²) in [5.41, 5.74) is 3.76. The number of carbonyl (C=O) groups excluding carboxylic acids is 2. The SMILES string of the molecule is O=C1CCCC2=C1[C@H](c1ccc(Br)cc1)n1ncc(C(=O)Nc3ccccc3)c1N2. The largest absolute Gasteiger partial charge is 0.343 e. The summed E-state index contributed by atoms with van der Waals surface area (Å²) in [6.45, 7) is 0. The van der Waals surface area contributed by atoms with Gasteiger partial charge in [0.2, 0.25) is 0 Å². The van der Waals surface area contributed by atoms with E-state index in [1.165, 1.54) is 0 Å². The monoisotopic (exact) mass is 462 g/mol. The van der Waals surface area contributed by atoms with Gasteiger partial charge in [0.1, 0.15) is 17.4 Å². The van der Waals surface area contributed by atoms with Gasteiger partial charge in [0.15, 0.2) is 5.78 Å². The minimum absolute atomic E-state index is 0.133. The Bertz CT molecular complexity index is 1170. The highest BCUT2D eigenvalue weighted by Gasteiger charge is 2.37. The van der Waals surface area contributed by atoms with Gasteiger partial charge in [0, 0.05) is 27.9 Å². The van der Waals surface area contributed by atoms with Crippen molar-refractivity contribution in [1.29, 1.82) is 0 Å². The first kappa shape index (κ1) is 18.8. The van der Waals surface area contributed by atoms with Gasteiger partial charge in [-0.05, 0) is 42.7 Å². The number of allylic oxidation sites excluding steroid dienone is 2. The van der Waals surface area contributed by atoms with Crippen molar-refractivity contribution in [2.45, 2.75) is 25.3 Å². The van der Waals surface area contributed by atoms with E-state index < -0.39 is 0 Å². The van der Waals surface area contributed by atoms with E-state index >= 15 is 0 Å². The van der Waals surface area contributed by atoms with Crippen molar-refractivity contribution in [3.8, 4) is 0 Å². The maximum absolute atomic E-state index is 13.0. The molecule has 2 aromatic carbocycles. The van der Waals surface area contributed by atoms with Crippen LogP contribution in [-0.2, 0) is 4.79 Å². The lowest BCUT2D eigenvalue weighted by Crippen LogP contribution is -2.32. The smallest absolute Gasteiger partial charge is 0.261 e. The number of benzene rings is 2. The summed E-state index contributed by atoms with van der Waals surface area (Å²) in [7, 11) is 0. The molecule has 30 heavy (non-hydrogen) atoms. The summed E-state index contributed by atoms with van der Waals surface area (Å²) in [4.78, 5) is 25.8. The second-order valence-corrected chi connectivity index (χ2v) is 8.34. The fourth-order valence-corrected chi connectivity index (χ4v) is 4.36. The van der Waals surface area contributed by atoms with Crippen molar-refractivity contribution in [2.75, 3.05) is 10.6 Å². The lowest BCUT2D eigenvalue weighted by molar-refractivity contribution is -0.116. The average Bonchev–Trinajstić information content (AvgIpc) is 3.18. The fourth-order valence-electron chi connectivity index (χ4n) is 4.10.